The molecule has 33 heavy (non-hydrogen) atoms. The van der Waals surface area contributed by atoms with E-state index in [1.165, 1.54) is 69.3 Å². The van der Waals surface area contributed by atoms with Crippen molar-refractivity contribution in [1.29, 1.82) is 0 Å². The lowest BCUT2D eigenvalue weighted by Crippen LogP contribution is -2.52. The van der Waals surface area contributed by atoms with Crippen LogP contribution in [0.2, 0.25) is 0 Å². The minimum atomic E-state index is -0.147. The number of nitrogens with one attached hydrogen (secondary N) is 2. The molecule has 1 aromatic rings. The van der Waals surface area contributed by atoms with Crippen LogP contribution in [0.25, 0.3) is 0 Å². The van der Waals surface area contributed by atoms with Crippen molar-refractivity contribution in [2.24, 2.45) is 16.0 Å². The Balaban J connectivity index is 1.18. The zero-order chi connectivity index (χ0) is 22.7. The van der Waals surface area contributed by atoms with Gasteiger partial charge < -0.3 is 10.2 Å². The molecule has 1 aromatic carbocycles. The molecule has 2 fully saturated rings. The Morgan fingerprint density at radius 2 is 1.85 bits per heavy atom. The van der Waals surface area contributed by atoms with Crippen molar-refractivity contribution in [2.75, 3.05) is 13.1 Å². The van der Waals surface area contributed by atoms with Crippen molar-refractivity contribution in [3.05, 3.63) is 48.2 Å². The summed E-state index contributed by atoms with van der Waals surface area (Å²) in [5, 5.41) is 8.34. The number of benzene rings is 1. The number of fused-ring (bicyclic) bond motifs is 1. The largest absolute Gasteiger partial charge is 0.350 e. The number of nitrogens with zero attached hydrogens (tertiary/aromatic N) is 3. The van der Waals surface area contributed by atoms with Gasteiger partial charge in [-0.3, -0.25) is 10.4 Å². The average molecular weight is 448 g/mol. The number of hydrogen-bond donors (Lipinski definition) is 2. The molecule has 1 saturated heterocycles. The fraction of sp³-hybridized carbons (Fsp3) is 0.643. The number of hydrogen-bond acceptors (Lipinski definition) is 4. The van der Waals surface area contributed by atoms with Gasteiger partial charge in [0, 0.05) is 12.2 Å². The molecular formula is C28H41N5. The zero-order valence-electron chi connectivity index (χ0n) is 20.5. The van der Waals surface area contributed by atoms with E-state index in [1.807, 2.05) is 0 Å². The molecular weight excluding hydrogens is 406 g/mol. The molecule has 3 aliphatic heterocycles. The predicted octanol–water partition coefficient (Wildman–Crippen LogP) is 5.22. The summed E-state index contributed by atoms with van der Waals surface area (Å²) in [6.45, 7) is 7.07. The first-order valence-corrected chi connectivity index (χ1v) is 13.3. The van der Waals surface area contributed by atoms with E-state index in [0.29, 0.717) is 12.1 Å². The van der Waals surface area contributed by atoms with Gasteiger partial charge in [0.25, 0.3) is 0 Å². The molecule has 1 saturated carbocycles. The molecule has 5 nitrogen and oxygen atoms in total. The van der Waals surface area contributed by atoms with Gasteiger partial charge in [-0.25, -0.2) is 0 Å². The summed E-state index contributed by atoms with van der Waals surface area (Å²) < 4.78 is 0. The third-order valence-corrected chi connectivity index (χ3v) is 8.45. The van der Waals surface area contributed by atoms with Gasteiger partial charge in [0.05, 0.1) is 23.2 Å². The second kappa shape index (κ2) is 10.0. The Morgan fingerprint density at radius 3 is 2.61 bits per heavy atom. The van der Waals surface area contributed by atoms with Gasteiger partial charge in [0.1, 0.15) is 5.84 Å². The highest BCUT2D eigenvalue weighted by Gasteiger charge is 2.45. The van der Waals surface area contributed by atoms with Crippen molar-refractivity contribution in [1.82, 2.24) is 15.6 Å². The molecule has 3 unspecified atom stereocenters. The smallest absolute Gasteiger partial charge is 0.112 e. The summed E-state index contributed by atoms with van der Waals surface area (Å²) in [5.74, 6) is 2.09. The molecule has 1 aliphatic carbocycles. The van der Waals surface area contributed by atoms with E-state index in [0.717, 1.165) is 24.6 Å². The maximum Gasteiger partial charge on any atom is 0.112 e. The standard InChI is InChI=1S/C28H41N5/c1-21(33-19-15-23(16-20-33)22-9-5-3-6-10-22)13-14-25-26-27(30-24-11-7-4-8-12-24)29-18-17-28(26,2)32-31-25/h3,5-6,9-10,17-18,21,23-24,26,32H,4,7-8,11-16,19-20H2,1-2H3,(H,29,30). The highest BCUT2D eigenvalue weighted by atomic mass is 15.4. The second-order valence-corrected chi connectivity index (χ2v) is 10.8. The van der Waals surface area contributed by atoms with Crippen molar-refractivity contribution in [3.63, 3.8) is 0 Å². The van der Waals surface area contributed by atoms with Gasteiger partial charge in [-0.15, -0.1) is 0 Å². The van der Waals surface area contributed by atoms with Crippen LogP contribution in [0, 0.1) is 5.92 Å². The second-order valence-electron chi connectivity index (χ2n) is 10.8. The number of piperidine rings is 1. The molecule has 0 bridgehead atoms. The zero-order valence-corrected chi connectivity index (χ0v) is 20.5. The van der Waals surface area contributed by atoms with Crippen LogP contribution in [0.5, 0.6) is 0 Å². The summed E-state index contributed by atoms with van der Waals surface area (Å²) in [4.78, 5) is 7.90. The van der Waals surface area contributed by atoms with E-state index >= 15 is 0 Å². The normalized spacial score (nSPS) is 31.0. The van der Waals surface area contributed by atoms with Gasteiger partial charge in [-0.2, -0.15) is 5.10 Å². The molecule has 0 amide bonds. The number of rotatable bonds is 6. The van der Waals surface area contributed by atoms with Crippen molar-refractivity contribution in [2.45, 2.75) is 95.2 Å². The van der Waals surface area contributed by atoms with E-state index in [-0.39, 0.29) is 11.5 Å². The van der Waals surface area contributed by atoms with E-state index in [9.17, 15) is 0 Å². The van der Waals surface area contributed by atoms with E-state index in [4.69, 9.17) is 10.1 Å². The van der Waals surface area contributed by atoms with Crippen molar-refractivity contribution >= 4 is 11.5 Å². The maximum absolute atomic E-state index is 5.21. The van der Waals surface area contributed by atoms with Crippen LogP contribution >= 0.6 is 0 Å². The SMILES string of the molecule is CC(CCC1=NNC2(C)C=CNC(=NC3CCCCC3)C12)N1CCC(c2ccccc2)CC1. The summed E-state index contributed by atoms with van der Waals surface area (Å²) in [6.07, 6.45) is 15.5. The summed E-state index contributed by atoms with van der Waals surface area (Å²) in [6, 6.07) is 12.1. The molecule has 0 spiro atoms. The number of aliphatic imine (C=N–C) groups is 1. The Morgan fingerprint density at radius 1 is 1.09 bits per heavy atom. The molecule has 2 N–H and O–H groups in total. The van der Waals surface area contributed by atoms with E-state index in [2.05, 4.69) is 72.1 Å². The molecule has 0 aromatic heterocycles. The van der Waals surface area contributed by atoms with Crippen LogP contribution < -0.4 is 10.7 Å². The molecule has 4 aliphatic rings. The van der Waals surface area contributed by atoms with Gasteiger partial charge in [-0.05, 0) is 83.0 Å². The maximum atomic E-state index is 5.21. The lowest BCUT2D eigenvalue weighted by atomic mass is 9.79. The molecule has 3 atom stereocenters. The Kier molecular flexibility index (Phi) is 6.86. The molecule has 5 heteroatoms. The first-order chi connectivity index (χ1) is 16.1. The van der Waals surface area contributed by atoms with Gasteiger partial charge in [-0.1, -0.05) is 49.6 Å². The monoisotopic (exact) mass is 447 g/mol. The van der Waals surface area contributed by atoms with Crippen LogP contribution in [-0.4, -0.2) is 47.2 Å². The van der Waals surface area contributed by atoms with Gasteiger partial charge >= 0.3 is 0 Å². The molecule has 0 radical (unpaired) electrons. The number of amidine groups is 1. The lowest BCUT2D eigenvalue weighted by Gasteiger charge is -2.37. The summed E-state index contributed by atoms with van der Waals surface area (Å²) in [7, 11) is 0. The van der Waals surface area contributed by atoms with Crippen LogP contribution in [0.3, 0.4) is 0 Å². The quantitative estimate of drug-likeness (QED) is 0.629. The average Bonchev–Trinajstić information content (AvgIpc) is 3.21. The van der Waals surface area contributed by atoms with Gasteiger partial charge in [0.2, 0.25) is 0 Å². The summed E-state index contributed by atoms with van der Waals surface area (Å²) in [5.41, 5.74) is 6.08. The van der Waals surface area contributed by atoms with E-state index < -0.39 is 0 Å². The topological polar surface area (TPSA) is 52.0 Å². The Labute approximate surface area is 199 Å². The van der Waals surface area contributed by atoms with Crippen LogP contribution in [-0.2, 0) is 0 Å². The Hall–Kier alpha value is -2.14. The minimum Gasteiger partial charge on any atom is -0.350 e. The summed E-state index contributed by atoms with van der Waals surface area (Å²) >= 11 is 0. The van der Waals surface area contributed by atoms with Crippen LogP contribution in [0.4, 0.5) is 0 Å². The predicted molar refractivity (Wildman–Crippen MR) is 138 cm³/mol. The molecule has 3 heterocycles. The van der Waals surface area contributed by atoms with Crippen LogP contribution in [0.15, 0.2) is 52.7 Å². The minimum absolute atomic E-state index is 0.147. The first kappa shape index (κ1) is 22.6. The first-order valence-electron chi connectivity index (χ1n) is 13.3. The fourth-order valence-corrected chi connectivity index (χ4v) is 6.28. The van der Waals surface area contributed by atoms with Crippen molar-refractivity contribution < 1.29 is 0 Å². The number of hydrazone groups is 1. The lowest BCUT2D eigenvalue weighted by molar-refractivity contribution is 0.156. The number of likely N-dealkylation sites (tertiary alicyclic amines) is 1. The van der Waals surface area contributed by atoms with Crippen molar-refractivity contribution in [3.8, 4) is 0 Å². The Bertz CT molecular complexity index is 877. The molecule has 178 valence electrons. The fourth-order valence-electron chi connectivity index (χ4n) is 6.28. The third-order valence-electron chi connectivity index (χ3n) is 8.45. The third kappa shape index (κ3) is 5.03. The van der Waals surface area contributed by atoms with E-state index in [1.54, 1.807) is 0 Å². The van der Waals surface area contributed by atoms with Gasteiger partial charge in [0.15, 0.2) is 0 Å². The van der Waals surface area contributed by atoms with Crippen LogP contribution in [0.1, 0.15) is 83.1 Å². The molecule has 5 rings (SSSR count). The highest BCUT2D eigenvalue weighted by molar-refractivity contribution is 6.10. The highest BCUT2D eigenvalue weighted by Crippen LogP contribution is 2.33.